The molecule has 0 saturated heterocycles. The number of halogens is 1. The van der Waals surface area contributed by atoms with Crippen LogP contribution in [-0.2, 0) is 11.3 Å². The van der Waals surface area contributed by atoms with Gasteiger partial charge in [0.1, 0.15) is 0 Å². The molecule has 2 aromatic carbocycles. The maximum atomic E-state index is 5.97. The third-order valence-electron chi connectivity index (χ3n) is 3.93. The van der Waals surface area contributed by atoms with Gasteiger partial charge in [0.15, 0.2) is 17.5 Å². The Morgan fingerprint density at radius 1 is 1.15 bits per heavy atom. The average molecular weight is 390 g/mol. The van der Waals surface area contributed by atoms with Gasteiger partial charge in [-0.3, -0.25) is 4.99 Å². The van der Waals surface area contributed by atoms with E-state index in [2.05, 4.69) is 15.6 Å². The summed E-state index contributed by atoms with van der Waals surface area (Å²) in [5, 5.41) is 7.19. The van der Waals surface area contributed by atoms with E-state index in [0.717, 1.165) is 29.2 Å². The highest BCUT2D eigenvalue weighted by atomic mass is 35.5. The van der Waals surface area contributed by atoms with E-state index >= 15 is 0 Å². The van der Waals surface area contributed by atoms with Crippen LogP contribution in [0.1, 0.15) is 12.0 Å². The minimum Gasteiger partial charge on any atom is -0.490 e. The van der Waals surface area contributed by atoms with Gasteiger partial charge in [0.2, 0.25) is 0 Å². The molecule has 0 fully saturated rings. The van der Waals surface area contributed by atoms with Crippen LogP contribution in [0.15, 0.2) is 47.5 Å². The van der Waals surface area contributed by atoms with Crippen LogP contribution in [0, 0.1) is 0 Å². The van der Waals surface area contributed by atoms with Gasteiger partial charge in [-0.15, -0.1) is 0 Å². The first-order valence-corrected chi connectivity index (χ1v) is 9.32. The summed E-state index contributed by atoms with van der Waals surface area (Å²) in [4.78, 5) is 4.23. The van der Waals surface area contributed by atoms with Gasteiger partial charge in [0.05, 0.1) is 26.4 Å². The normalized spacial score (nSPS) is 13.8. The van der Waals surface area contributed by atoms with Crippen molar-refractivity contribution in [2.45, 2.75) is 13.0 Å². The number of nitrogens with one attached hydrogen (secondary N) is 2. The first kappa shape index (κ1) is 19.3. The Morgan fingerprint density at radius 2 is 2.00 bits per heavy atom. The summed E-state index contributed by atoms with van der Waals surface area (Å²) in [5.41, 5.74) is 1.93. The summed E-state index contributed by atoms with van der Waals surface area (Å²) in [6, 6.07) is 13.4. The van der Waals surface area contributed by atoms with Gasteiger partial charge in [0.25, 0.3) is 0 Å². The maximum Gasteiger partial charge on any atom is 0.195 e. The largest absolute Gasteiger partial charge is 0.490 e. The number of ether oxygens (including phenoxy) is 3. The predicted octanol–water partition coefficient (Wildman–Crippen LogP) is 3.71. The molecule has 27 heavy (non-hydrogen) atoms. The molecule has 1 heterocycles. The van der Waals surface area contributed by atoms with Crippen molar-refractivity contribution >= 4 is 23.2 Å². The number of aliphatic imine (C=N–C) groups is 1. The highest BCUT2D eigenvalue weighted by Gasteiger charge is 2.11. The van der Waals surface area contributed by atoms with Gasteiger partial charge in [-0.1, -0.05) is 23.7 Å². The standard InChI is InChI=1S/C20H24ClN3O3/c1-22-20(23-8-11-25-14-15-4-2-5-16(21)12-15)24-17-6-7-18-19(13-17)27-10-3-9-26-18/h2,4-7,12-13H,3,8-11,14H2,1H3,(H2,22,23,24). The van der Waals surface area contributed by atoms with Gasteiger partial charge in [-0.25, -0.2) is 0 Å². The van der Waals surface area contributed by atoms with Gasteiger partial charge < -0.3 is 24.8 Å². The Kier molecular flexibility index (Phi) is 7.19. The molecule has 0 amide bonds. The van der Waals surface area contributed by atoms with Crippen molar-refractivity contribution in [3.05, 3.63) is 53.1 Å². The fraction of sp³-hybridized carbons (Fsp3) is 0.350. The fourth-order valence-electron chi connectivity index (χ4n) is 2.62. The molecular formula is C20H24ClN3O3. The lowest BCUT2D eigenvalue weighted by atomic mass is 10.2. The monoisotopic (exact) mass is 389 g/mol. The molecule has 0 spiro atoms. The maximum absolute atomic E-state index is 5.97. The van der Waals surface area contributed by atoms with E-state index < -0.39 is 0 Å². The topological polar surface area (TPSA) is 64.1 Å². The van der Waals surface area contributed by atoms with Gasteiger partial charge in [0, 0.05) is 36.8 Å². The fourth-order valence-corrected chi connectivity index (χ4v) is 2.83. The second kappa shape index (κ2) is 10.0. The Bertz CT molecular complexity index is 783. The molecule has 0 bridgehead atoms. The predicted molar refractivity (Wildman–Crippen MR) is 108 cm³/mol. The van der Waals surface area contributed by atoms with Crippen LogP contribution in [0.3, 0.4) is 0 Å². The van der Waals surface area contributed by atoms with Crippen molar-refractivity contribution in [2.24, 2.45) is 4.99 Å². The number of hydrogen-bond donors (Lipinski definition) is 2. The Morgan fingerprint density at radius 3 is 2.81 bits per heavy atom. The van der Waals surface area contributed by atoms with Gasteiger partial charge in [-0.2, -0.15) is 0 Å². The second-order valence-corrected chi connectivity index (χ2v) is 6.45. The van der Waals surface area contributed by atoms with Crippen molar-refractivity contribution < 1.29 is 14.2 Å². The van der Waals surface area contributed by atoms with Crippen LogP contribution < -0.4 is 20.1 Å². The number of benzene rings is 2. The zero-order valence-corrected chi connectivity index (χ0v) is 16.1. The molecule has 0 radical (unpaired) electrons. The van der Waals surface area contributed by atoms with Crippen LogP contribution in [0.2, 0.25) is 5.02 Å². The molecule has 2 N–H and O–H groups in total. The third kappa shape index (κ3) is 6.05. The van der Waals surface area contributed by atoms with Crippen LogP contribution in [0.25, 0.3) is 0 Å². The molecule has 0 atom stereocenters. The van der Waals surface area contributed by atoms with Crippen molar-refractivity contribution in [1.29, 1.82) is 0 Å². The molecule has 144 valence electrons. The molecule has 6 nitrogen and oxygen atoms in total. The minimum atomic E-state index is 0.524. The molecule has 7 heteroatoms. The third-order valence-corrected chi connectivity index (χ3v) is 4.17. The molecule has 2 aromatic rings. The molecular weight excluding hydrogens is 366 g/mol. The Hall–Kier alpha value is -2.44. The molecule has 0 unspecified atom stereocenters. The number of hydrogen-bond acceptors (Lipinski definition) is 4. The number of anilines is 1. The quantitative estimate of drug-likeness (QED) is 0.448. The summed E-state index contributed by atoms with van der Waals surface area (Å²) < 4.78 is 17.0. The lowest BCUT2D eigenvalue weighted by Crippen LogP contribution is -2.33. The van der Waals surface area contributed by atoms with E-state index in [-0.39, 0.29) is 0 Å². The first-order chi connectivity index (χ1) is 13.2. The summed E-state index contributed by atoms with van der Waals surface area (Å²) in [6.45, 7) is 3.04. The first-order valence-electron chi connectivity index (χ1n) is 8.94. The Labute approximate surface area is 164 Å². The number of guanidine groups is 1. The Balaban J connectivity index is 1.43. The lowest BCUT2D eigenvalue weighted by molar-refractivity contribution is 0.125. The summed E-state index contributed by atoms with van der Waals surface area (Å²) in [5.74, 6) is 2.18. The number of nitrogens with zero attached hydrogens (tertiary/aromatic N) is 1. The van der Waals surface area contributed by atoms with Crippen LogP contribution in [0.5, 0.6) is 11.5 Å². The average Bonchev–Trinajstić information content (AvgIpc) is 2.92. The molecule has 3 rings (SSSR count). The number of rotatable bonds is 6. The molecule has 0 aromatic heterocycles. The van der Waals surface area contributed by atoms with E-state index in [1.165, 1.54) is 0 Å². The molecule has 0 aliphatic carbocycles. The zero-order chi connectivity index (χ0) is 18.9. The van der Waals surface area contributed by atoms with E-state index in [9.17, 15) is 0 Å². The SMILES string of the molecule is CN=C(NCCOCc1cccc(Cl)c1)Nc1ccc2c(c1)OCCCO2. The van der Waals surface area contributed by atoms with Crippen molar-refractivity contribution in [2.75, 3.05) is 38.7 Å². The van der Waals surface area contributed by atoms with E-state index in [1.807, 2.05) is 42.5 Å². The minimum absolute atomic E-state index is 0.524. The van der Waals surface area contributed by atoms with Crippen LogP contribution in [0.4, 0.5) is 5.69 Å². The van der Waals surface area contributed by atoms with Crippen molar-refractivity contribution in [3.8, 4) is 11.5 Å². The lowest BCUT2D eigenvalue weighted by Gasteiger charge is -2.14. The molecule has 1 aliphatic heterocycles. The molecule has 1 aliphatic rings. The van der Waals surface area contributed by atoms with Gasteiger partial charge >= 0.3 is 0 Å². The van der Waals surface area contributed by atoms with E-state index in [1.54, 1.807) is 7.05 Å². The second-order valence-electron chi connectivity index (χ2n) is 6.02. The highest BCUT2D eigenvalue weighted by molar-refractivity contribution is 6.30. The summed E-state index contributed by atoms with van der Waals surface area (Å²) >= 11 is 5.97. The van der Waals surface area contributed by atoms with Crippen molar-refractivity contribution in [3.63, 3.8) is 0 Å². The van der Waals surface area contributed by atoms with Crippen LogP contribution in [-0.4, -0.2) is 39.4 Å². The van der Waals surface area contributed by atoms with Gasteiger partial charge in [-0.05, 0) is 29.8 Å². The smallest absolute Gasteiger partial charge is 0.195 e. The summed E-state index contributed by atoms with van der Waals surface area (Å²) in [7, 11) is 1.73. The highest BCUT2D eigenvalue weighted by Crippen LogP contribution is 2.32. The van der Waals surface area contributed by atoms with Crippen LogP contribution >= 0.6 is 11.6 Å². The van der Waals surface area contributed by atoms with E-state index in [0.29, 0.717) is 44.0 Å². The molecule has 0 saturated carbocycles. The van der Waals surface area contributed by atoms with E-state index in [4.69, 9.17) is 25.8 Å². The summed E-state index contributed by atoms with van der Waals surface area (Å²) in [6.07, 6.45) is 0.885. The zero-order valence-electron chi connectivity index (χ0n) is 15.3. The van der Waals surface area contributed by atoms with Crippen molar-refractivity contribution in [1.82, 2.24) is 5.32 Å². The number of fused-ring (bicyclic) bond motifs is 1.